The normalized spacial score (nSPS) is 11.6. The first-order chi connectivity index (χ1) is 7.25. The van der Waals surface area contributed by atoms with Crippen LogP contribution in [0.2, 0.25) is 0 Å². The molecule has 1 rings (SSSR count). The van der Waals surface area contributed by atoms with Gasteiger partial charge in [0.25, 0.3) is 0 Å². The molecular formula is C12H13BrF2O. The van der Waals surface area contributed by atoms with Gasteiger partial charge in [0.2, 0.25) is 0 Å². The first kappa shape index (κ1) is 13.3. The van der Waals surface area contributed by atoms with Crippen molar-refractivity contribution >= 4 is 21.7 Å². The zero-order valence-corrected chi connectivity index (χ0v) is 11.0. The van der Waals surface area contributed by atoms with Crippen LogP contribution < -0.4 is 0 Å². The van der Waals surface area contributed by atoms with Crippen LogP contribution in [0.25, 0.3) is 0 Å². The maximum Gasteiger partial charge on any atom is 0.144 e. The van der Waals surface area contributed by atoms with Crippen molar-refractivity contribution in [2.45, 2.75) is 32.6 Å². The van der Waals surface area contributed by atoms with Gasteiger partial charge < -0.3 is 0 Å². The Morgan fingerprint density at radius 1 is 1.38 bits per heavy atom. The van der Waals surface area contributed by atoms with Crippen LogP contribution in [0.4, 0.5) is 8.78 Å². The number of carbonyl (C=O) groups excluding carboxylic acids is 1. The van der Waals surface area contributed by atoms with Gasteiger partial charge in [-0.1, -0.05) is 13.8 Å². The van der Waals surface area contributed by atoms with Crippen molar-refractivity contribution in [3.63, 3.8) is 0 Å². The van der Waals surface area contributed by atoms with Gasteiger partial charge in [-0.05, 0) is 35.0 Å². The average molecular weight is 291 g/mol. The lowest BCUT2D eigenvalue weighted by molar-refractivity contribution is -0.118. The summed E-state index contributed by atoms with van der Waals surface area (Å²) in [4.78, 5) is 11.1. The summed E-state index contributed by atoms with van der Waals surface area (Å²) in [5.41, 5.74) is -0.888. The molecule has 0 spiro atoms. The minimum Gasteiger partial charge on any atom is -0.300 e. The number of rotatable bonds is 3. The molecule has 0 saturated heterocycles. The van der Waals surface area contributed by atoms with E-state index >= 15 is 0 Å². The van der Waals surface area contributed by atoms with Gasteiger partial charge in [0.15, 0.2) is 0 Å². The largest absolute Gasteiger partial charge is 0.300 e. The molecule has 0 bridgehead atoms. The molecule has 0 atom stereocenters. The van der Waals surface area contributed by atoms with Crippen molar-refractivity contribution in [3.8, 4) is 0 Å². The third-order valence-electron chi connectivity index (χ3n) is 2.41. The Hall–Kier alpha value is -0.770. The second-order valence-corrected chi connectivity index (χ2v) is 5.34. The fourth-order valence-corrected chi connectivity index (χ4v) is 2.19. The molecule has 0 aliphatic rings. The van der Waals surface area contributed by atoms with Gasteiger partial charge in [-0.2, -0.15) is 0 Å². The van der Waals surface area contributed by atoms with Gasteiger partial charge in [-0.3, -0.25) is 4.79 Å². The highest BCUT2D eigenvalue weighted by Gasteiger charge is 2.30. The number of benzene rings is 1. The molecule has 1 nitrogen and oxygen atoms in total. The second kappa shape index (κ2) is 4.62. The van der Waals surface area contributed by atoms with Crippen LogP contribution in [0.1, 0.15) is 32.8 Å². The fourth-order valence-electron chi connectivity index (χ4n) is 1.86. The number of halogens is 3. The van der Waals surface area contributed by atoms with E-state index in [1.54, 1.807) is 13.8 Å². The minimum atomic E-state index is -0.843. The molecule has 16 heavy (non-hydrogen) atoms. The molecule has 0 radical (unpaired) electrons. The number of hydrogen-bond acceptors (Lipinski definition) is 1. The summed E-state index contributed by atoms with van der Waals surface area (Å²) in [5.74, 6) is -1.35. The van der Waals surface area contributed by atoms with E-state index in [4.69, 9.17) is 0 Å². The third-order valence-corrected chi connectivity index (χ3v) is 3.02. The molecule has 4 heteroatoms. The predicted molar refractivity (Wildman–Crippen MR) is 62.4 cm³/mol. The Kier molecular flexibility index (Phi) is 3.84. The highest BCUT2D eigenvalue weighted by molar-refractivity contribution is 9.10. The fraction of sp³-hybridized carbons (Fsp3) is 0.417. The average Bonchev–Trinajstić information content (AvgIpc) is 2.09. The van der Waals surface area contributed by atoms with E-state index in [2.05, 4.69) is 15.9 Å². The number of ketones is 1. The summed E-state index contributed by atoms with van der Waals surface area (Å²) in [7, 11) is 0. The lowest BCUT2D eigenvalue weighted by atomic mass is 9.80. The van der Waals surface area contributed by atoms with E-state index in [0.717, 1.165) is 0 Å². The van der Waals surface area contributed by atoms with E-state index in [0.29, 0.717) is 0 Å². The minimum absolute atomic E-state index is 0.0444. The highest BCUT2D eigenvalue weighted by Crippen LogP contribution is 2.34. The van der Waals surface area contributed by atoms with Crippen molar-refractivity contribution in [3.05, 3.63) is 33.8 Å². The van der Waals surface area contributed by atoms with Gasteiger partial charge in [-0.15, -0.1) is 0 Å². The Labute approximate surface area is 102 Å². The predicted octanol–water partition coefficient (Wildman–Crippen LogP) is 3.98. The standard InChI is InChI=1S/C12H13BrF2O/c1-7(16)6-12(2,3)10-9(14)5-4-8(13)11(10)15/h4-5H,6H2,1-3H3. The molecular weight excluding hydrogens is 278 g/mol. The number of carbonyl (C=O) groups is 1. The van der Waals surface area contributed by atoms with Crippen molar-refractivity contribution in [1.29, 1.82) is 0 Å². The van der Waals surface area contributed by atoms with E-state index in [-0.39, 0.29) is 22.2 Å². The molecule has 0 heterocycles. The van der Waals surface area contributed by atoms with Crippen molar-refractivity contribution in [2.75, 3.05) is 0 Å². The van der Waals surface area contributed by atoms with Crippen LogP contribution in [0.3, 0.4) is 0 Å². The lowest BCUT2D eigenvalue weighted by Crippen LogP contribution is -2.24. The molecule has 1 aromatic carbocycles. The maximum atomic E-state index is 13.8. The summed E-state index contributed by atoms with van der Waals surface area (Å²) in [6.07, 6.45) is 0.108. The van der Waals surface area contributed by atoms with Gasteiger partial charge in [0.1, 0.15) is 17.4 Å². The molecule has 1 aromatic rings. The summed E-state index contributed by atoms with van der Waals surface area (Å²) >= 11 is 3.01. The number of hydrogen-bond donors (Lipinski definition) is 0. The molecule has 0 N–H and O–H groups in total. The lowest BCUT2D eigenvalue weighted by Gasteiger charge is -2.25. The summed E-state index contributed by atoms with van der Waals surface area (Å²) < 4.78 is 27.6. The van der Waals surface area contributed by atoms with Crippen LogP contribution in [0.5, 0.6) is 0 Å². The van der Waals surface area contributed by atoms with E-state index in [1.165, 1.54) is 19.1 Å². The summed E-state index contributed by atoms with van der Waals surface area (Å²) in [5, 5.41) is 0. The van der Waals surface area contributed by atoms with Crippen molar-refractivity contribution in [2.24, 2.45) is 0 Å². The van der Waals surface area contributed by atoms with Crippen LogP contribution >= 0.6 is 15.9 Å². The SMILES string of the molecule is CC(=O)CC(C)(C)c1c(F)ccc(Br)c1F. The molecule has 0 saturated carbocycles. The van der Waals surface area contributed by atoms with E-state index in [1.807, 2.05) is 0 Å². The smallest absolute Gasteiger partial charge is 0.144 e. The summed E-state index contributed by atoms with van der Waals surface area (Å²) in [6, 6.07) is 2.52. The monoisotopic (exact) mass is 290 g/mol. The first-order valence-electron chi connectivity index (χ1n) is 4.89. The third kappa shape index (κ3) is 2.67. The van der Waals surface area contributed by atoms with Crippen LogP contribution in [0.15, 0.2) is 16.6 Å². The molecule has 0 fully saturated rings. The van der Waals surface area contributed by atoms with Crippen LogP contribution in [-0.2, 0) is 10.2 Å². The second-order valence-electron chi connectivity index (χ2n) is 4.48. The van der Waals surface area contributed by atoms with Gasteiger partial charge >= 0.3 is 0 Å². The topological polar surface area (TPSA) is 17.1 Å². The van der Waals surface area contributed by atoms with E-state index in [9.17, 15) is 13.6 Å². The van der Waals surface area contributed by atoms with Crippen molar-refractivity contribution < 1.29 is 13.6 Å². The first-order valence-corrected chi connectivity index (χ1v) is 5.68. The van der Waals surface area contributed by atoms with E-state index < -0.39 is 17.0 Å². The molecule has 0 aliphatic heterocycles. The molecule has 0 aliphatic carbocycles. The quantitative estimate of drug-likeness (QED) is 0.770. The highest BCUT2D eigenvalue weighted by atomic mass is 79.9. The summed E-state index contributed by atoms with van der Waals surface area (Å²) in [6.45, 7) is 4.72. The van der Waals surface area contributed by atoms with Gasteiger partial charge in [0, 0.05) is 17.4 Å². The zero-order chi connectivity index (χ0) is 12.5. The Morgan fingerprint density at radius 2 is 1.94 bits per heavy atom. The number of Topliss-reactive ketones (excluding diaryl/α,β-unsaturated/α-hetero) is 1. The Balaban J connectivity index is 3.31. The zero-order valence-electron chi connectivity index (χ0n) is 9.40. The molecule has 88 valence electrons. The molecule has 0 unspecified atom stereocenters. The molecule has 0 aromatic heterocycles. The van der Waals surface area contributed by atoms with Crippen molar-refractivity contribution in [1.82, 2.24) is 0 Å². The Bertz CT molecular complexity index is 427. The van der Waals surface area contributed by atoms with Gasteiger partial charge in [-0.25, -0.2) is 8.78 Å². The maximum absolute atomic E-state index is 13.8. The Morgan fingerprint density at radius 3 is 2.44 bits per heavy atom. The molecule has 0 amide bonds. The van der Waals surface area contributed by atoms with Crippen LogP contribution in [-0.4, -0.2) is 5.78 Å². The van der Waals surface area contributed by atoms with Gasteiger partial charge in [0.05, 0.1) is 4.47 Å². The van der Waals surface area contributed by atoms with Crippen LogP contribution in [0, 0.1) is 11.6 Å².